The van der Waals surface area contributed by atoms with Crippen molar-refractivity contribution >= 4 is 11.8 Å². The second-order valence-corrected chi connectivity index (χ2v) is 4.45. The Morgan fingerprint density at radius 1 is 1.24 bits per heavy atom. The largest absolute Gasteiger partial charge is 0.368 e. The first-order chi connectivity index (χ1) is 8.15. The van der Waals surface area contributed by atoms with E-state index < -0.39 is 11.3 Å². The third kappa shape index (κ3) is 2.16. The van der Waals surface area contributed by atoms with E-state index >= 15 is 0 Å². The lowest BCUT2D eigenvalue weighted by Gasteiger charge is -2.40. The SMILES string of the molecule is NC(=O)CNC(=O)C1(c2ccccc2)CCC1. The molecular weight excluding hydrogens is 216 g/mol. The molecule has 4 heteroatoms. The molecule has 0 radical (unpaired) electrons. The lowest BCUT2D eigenvalue weighted by molar-refractivity contribution is -0.131. The summed E-state index contributed by atoms with van der Waals surface area (Å²) in [6, 6.07) is 9.71. The van der Waals surface area contributed by atoms with Crippen LogP contribution in [0.25, 0.3) is 0 Å². The highest BCUT2D eigenvalue weighted by atomic mass is 16.2. The van der Waals surface area contributed by atoms with Crippen molar-refractivity contribution in [1.29, 1.82) is 0 Å². The molecule has 0 aromatic heterocycles. The molecule has 0 bridgehead atoms. The fraction of sp³-hybridized carbons (Fsp3) is 0.385. The normalized spacial score (nSPS) is 16.9. The van der Waals surface area contributed by atoms with Crippen LogP contribution in [-0.4, -0.2) is 18.4 Å². The minimum absolute atomic E-state index is 0.0891. The van der Waals surface area contributed by atoms with Gasteiger partial charge in [-0.3, -0.25) is 9.59 Å². The quantitative estimate of drug-likeness (QED) is 0.802. The maximum absolute atomic E-state index is 12.1. The second kappa shape index (κ2) is 4.57. The fourth-order valence-electron chi connectivity index (χ4n) is 2.27. The number of hydrogen-bond donors (Lipinski definition) is 2. The van der Waals surface area contributed by atoms with E-state index in [0.717, 1.165) is 24.8 Å². The first-order valence-electron chi connectivity index (χ1n) is 5.77. The van der Waals surface area contributed by atoms with Crippen molar-refractivity contribution in [2.45, 2.75) is 24.7 Å². The molecule has 17 heavy (non-hydrogen) atoms. The highest BCUT2D eigenvalue weighted by Crippen LogP contribution is 2.43. The number of rotatable bonds is 4. The van der Waals surface area contributed by atoms with E-state index in [0.29, 0.717) is 0 Å². The van der Waals surface area contributed by atoms with Crippen molar-refractivity contribution in [3.8, 4) is 0 Å². The van der Waals surface area contributed by atoms with Crippen LogP contribution in [0.15, 0.2) is 30.3 Å². The van der Waals surface area contributed by atoms with Gasteiger partial charge < -0.3 is 11.1 Å². The minimum atomic E-state index is -0.513. The van der Waals surface area contributed by atoms with Gasteiger partial charge in [0, 0.05) is 0 Å². The summed E-state index contributed by atoms with van der Waals surface area (Å²) in [7, 11) is 0. The molecule has 0 unspecified atom stereocenters. The van der Waals surface area contributed by atoms with E-state index in [1.165, 1.54) is 0 Å². The first kappa shape index (κ1) is 11.6. The van der Waals surface area contributed by atoms with Gasteiger partial charge in [0.2, 0.25) is 11.8 Å². The summed E-state index contributed by atoms with van der Waals surface area (Å²) < 4.78 is 0. The number of carbonyl (C=O) groups is 2. The molecule has 1 aliphatic rings. The van der Waals surface area contributed by atoms with E-state index in [1.54, 1.807) is 0 Å². The maximum Gasteiger partial charge on any atom is 0.236 e. The summed E-state index contributed by atoms with van der Waals surface area (Å²) in [6.45, 7) is -0.0899. The van der Waals surface area contributed by atoms with Crippen molar-refractivity contribution in [2.24, 2.45) is 5.73 Å². The number of nitrogens with one attached hydrogen (secondary N) is 1. The van der Waals surface area contributed by atoms with Crippen LogP contribution in [0.1, 0.15) is 24.8 Å². The minimum Gasteiger partial charge on any atom is -0.368 e. The van der Waals surface area contributed by atoms with Gasteiger partial charge in [-0.15, -0.1) is 0 Å². The molecule has 1 fully saturated rings. The Labute approximate surface area is 100 Å². The molecule has 0 aliphatic heterocycles. The summed E-state index contributed by atoms with van der Waals surface area (Å²) in [5, 5.41) is 2.61. The van der Waals surface area contributed by atoms with Crippen LogP contribution < -0.4 is 11.1 Å². The van der Waals surface area contributed by atoms with Gasteiger partial charge in [0.25, 0.3) is 0 Å². The molecule has 1 saturated carbocycles. The Hall–Kier alpha value is -1.84. The first-order valence-corrected chi connectivity index (χ1v) is 5.77. The molecule has 1 aromatic carbocycles. The van der Waals surface area contributed by atoms with E-state index in [9.17, 15) is 9.59 Å². The molecule has 2 rings (SSSR count). The van der Waals surface area contributed by atoms with Crippen LogP contribution >= 0.6 is 0 Å². The zero-order valence-corrected chi connectivity index (χ0v) is 9.61. The van der Waals surface area contributed by atoms with Crippen molar-refractivity contribution in [3.63, 3.8) is 0 Å². The number of carbonyl (C=O) groups excluding carboxylic acids is 2. The Balaban J connectivity index is 2.15. The lowest BCUT2D eigenvalue weighted by Crippen LogP contribution is -2.50. The molecule has 1 aliphatic carbocycles. The average Bonchev–Trinajstić information content (AvgIpc) is 2.26. The Morgan fingerprint density at radius 3 is 2.35 bits per heavy atom. The van der Waals surface area contributed by atoms with E-state index in [2.05, 4.69) is 5.32 Å². The summed E-state index contributed by atoms with van der Waals surface area (Å²) in [5.41, 5.74) is 5.60. The van der Waals surface area contributed by atoms with Gasteiger partial charge in [0.15, 0.2) is 0 Å². The third-order valence-corrected chi connectivity index (χ3v) is 3.39. The van der Waals surface area contributed by atoms with Gasteiger partial charge in [0.1, 0.15) is 0 Å². The number of nitrogens with two attached hydrogens (primary N) is 1. The van der Waals surface area contributed by atoms with Gasteiger partial charge in [-0.2, -0.15) is 0 Å². The monoisotopic (exact) mass is 232 g/mol. The molecule has 90 valence electrons. The predicted molar refractivity (Wildman–Crippen MR) is 64.2 cm³/mol. The van der Waals surface area contributed by atoms with Crippen LogP contribution in [0.4, 0.5) is 0 Å². The highest BCUT2D eigenvalue weighted by Gasteiger charge is 2.45. The number of benzene rings is 1. The van der Waals surface area contributed by atoms with Gasteiger partial charge >= 0.3 is 0 Å². The van der Waals surface area contributed by atoms with Crippen LogP contribution in [0.2, 0.25) is 0 Å². The Kier molecular flexibility index (Phi) is 3.13. The molecule has 0 atom stereocenters. The molecule has 1 aromatic rings. The van der Waals surface area contributed by atoms with Crippen molar-refractivity contribution < 1.29 is 9.59 Å². The molecular formula is C13H16N2O2. The molecule has 2 amide bonds. The number of primary amides is 1. The molecule has 0 saturated heterocycles. The van der Waals surface area contributed by atoms with Gasteiger partial charge in [-0.1, -0.05) is 36.8 Å². The van der Waals surface area contributed by atoms with Crippen molar-refractivity contribution in [3.05, 3.63) is 35.9 Å². The lowest BCUT2D eigenvalue weighted by atomic mass is 9.64. The molecule has 4 nitrogen and oxygen atoms in total. The van der Waals surface area contributed by atoms with Crippen molar-refractivity contribution in [1.82, 2.24) is 5.32 Å². The summed E-state index contributed by atoms with van der Waals surface area (Å²) in [6.07, 6.45) is 2.71. The maximum atomic E-state index is 12.1. The Morgan fingerprint density at radius 2 is 1.88 bits per heavy atom. The average molecular weight is 232 g/mol. The van der Waals surface area contributed by atoms with E-state index in [1.807, 2.05) is 30.3 Å². The topological polar surface area (TPSA) is 72.2 Å². The van der Waals surface area contributed by atoms with E-state index in [-0.39, 0.29) is 12.5 Å². The predicted octanol–water partition coefficient (Wildman–Crippen LogP) is 0.710. The second-order valence-electron chi connectivity index (χ2n) is 4.45. The zero-order chi connectivity index (χ0) is 12.3. The van der Waals surface area contributed by atoms with Gasteiger partial charge in [-0.25, -0.2) is 0 Å². The summed E-state index contributed by atoms with van der Waals surface area (Å²) in [4.78, 5) is 22.8. The van der Waals surface area contributed by atoms with Crippen LogP contribution in [0.5, 0.6) is 0 Å². The molecule has 0 spiro atoms. The molecule has 0 heterocycles. The number of amides is 2. The zero-order valence-electron chi connectivity index (χ0n) is 9.61. The fourth-order valence-corrected chi connectivity index (χ4v) is 2.27. The summed E-state index contributed by atoms with van der Waals surface area (Å²) >= 11 is 0. The van der Waals surface area contributed by atoms with Crippen LogP contribution in [-0.2, 0) is 15.0 Å². The smallest absolute Gasteiger partial charge is 0.236 e. The van der Waals surface area contributed by atoms with Crippen LogP contribution in [0, 0.1) is 0 Å². The Bertz CT molecular complexity index is 424. The van der Waals surface area contributed by atoms with Crippen LogP contribution in [0.3, 0.4) is 0 Å². The van der Waals surface area contributed by atoms with Gasteiger partial charge in [-0.05, 0) is 18.4 Å². The number of hydrogen-bond acceptors (Lipinski definition) is 2. The molecule has 3 N–H and O–H groups in total. The van der Waals surface area contributed by atoms with Gasteiger partial charge in [0.05, 0.1) is 12.0 Å². The summed E-state index contributed by atoms with van der Waals surface area (Å²) in [5.74, 6) is -0.602. The highest BCUT2D eigenvalue weighted by molar-refractivity contribution is 5.92. The standard InChI is InChI=1S/C13H16N2O2/c14-11(16)9-15-12(17)13(7-4-8-13)10-5-2-1-3-6-10/h1-3,5-6H,4,7-9H2,(H2,14,16)(H,15,17). The van der Waals surface area contributed by atoms with E-state index in [4.69, 9.17) is 5.73 Å². The third-order valence-electron chi connectivity index (χ3n) is 3.39. The van der Waals surface area contributed by atoms with Crippen molar-refractivity contribution in [2.75, 3.05) is 6.54 Å².